The van der Waals surface area contributed by atoms with Gasteiger partial charge in [0.15, 0.2) is 6.04 Å². The summed E-state index contributed by atoms with van der Waals surface area (Å²) in [6, 6.07) is -1.41. The molecule has 1 aliphatic rings. The lowest BCUT2D eigenvalue weighted by Gasteiger charge is -2.32. The first-order chi connectivity index (χ1) is 8.68. The number of nitrogens with one attached hydrogen (secondary N) is 2. The van der Waals surface area contributed by atoms with Crippen LogP contribution >= 0.6 is 0 Å². The van der Waals surface area contributed by atoms with Crippen LogP contribution in [0.25, 0.3) is 0 Å². The molecule has 9 nitrogen and oxygen atoms in total. The van der Waals surface area contributed by atoms with Crippen LogP contribution in [-0.4, -0.2) is 63.0 Å². The van der Waals surface area contributed by atoms with Crippen LogP contribution in [0.3, 0.4) is 0 Å². The highest BCUT2D eigenvalue weighted by Gasteiger charge is 2.32. The van der Waals surface area contributed by atoms with Gasteiger partial charge in [-0.1, -0.05) is 0 Å². The fourth-order valence-electron chi connectivity index (χ4n) is 1.63. The van der Waals surface area contributed by atoms with Crippen LogP contribution in [0.1, 0.15) is 5.82 Å². The number of rotatable bonds is 3. The molecule has 1 saturated heterocycles. The lowest BCUT2D eigenvalue weighted by molar-refractivity contribution is -0.147. The zero-order valence-corrected chi connectivity index (χ0v) is 9.50. The number of hydrogen-bond donors (Lipinski definition) is 3. The van der Waals surface area contributed by atoms with Crippen molar-refractivity contribution in [3.05, 3.63) is 12.2 Å². The minimum absolute atomic E-state index is 0.00502. The second kappa shape index (κ2) is 5.45. The first kappa shape index (κ1) is 12.3. The fourth-order valence-corrected chi connectivity index (χ4v) is 1.63. The van der Waals surface area contributed by atoms with Gasteiger partial charge in [-0.05, 0) is 0 Å². The maximum atomic E-state index is 11.8. The third kappa shape index (κ3) is 2.74. The molecule has 0 spiro atoms. The third-order valence-electron chi connectivity index (χ3n) is 2.55. The number of H-pyrrole nitrogens is 1. The molecule has 0 bridgehead atoms. The first-order valence-corrected chi connectivity index (χ1v) is 5.37. The number of nitrogens with zero attached hydrogens (tertiary/aromatic N) is 3. The molecule has 1 fully saturated rings. The number of urea groups is 1. The second-order valence-electron chi connectivity index (χ2n) is 3.71. The number of morpholine rings is 1. The number of carbonyl (C=O) groups excluding carboxylic acids is 1. The van der Waals surface area contributed by atoms with Gasteiger partial charge in [0.2, 0.25) is 0 Å². The van der Waals surface area contributed by atoms with E-state index in [-0.39, 0.29) is 19.7 Å². The molecule has 1 aromatic rings. The van der Waals surface area contributed by atoms with Crippen LogP contribution in [0.4, 0.5) is 4.79 Å². The van der Waals surface area contributed by atoms with Crippen LogP contribution in [-0.2, 0) is 16.1 Å². The molecule has 1 unspecified atom stereocenters. The van der Waals surface area contributed by atoms with Crippen LogP contribution in [0.2, 0.25) is 0 Å². The van der Waals surface area contributed by atoms with Crippen LogP contribution in [0.15, 0.2) is 6.33 Å². The number of aromatic nitrogens is 3. The first-order valence-electron chi connectivity index (χ1n) is 5.37. The Morgan fingerprint density at radius 2 is 2.50 bits per heavy atom. The van der Waals surface area contributed by atoms with E-state index in [0.29, 0.717) is 12.4 Å². The van der Waals surface area contributed by atoms with Crippen LogP contribution in [0.5, 0.6) is 0 Å². The molecule has 9 heteroatoms. The third-order valence-corrected chi connectivity index (χ3v) is 2.55. The lowest BCUT2D eigenvalue weighted by atomic mass is 10.2. The quantitative estimate of drug-likeness (QED) is 0.624. The SMILES string of the molecule is O=C(O)C1COCCN1C(=O)NCc1ncn[nH]1. The minimum Gasteiger partial charge on any atom is -0.480 e. The highest BCUT2D eigenvalue weighted by Crippen LogP contribution is 2.07. The standard InChI is InChI=1S/C9H13N5O4/c15-8(16)6-4-18-2-1-14(6)9(17)10-3-7-11-5-12-13-7/h5-6H,1-4H2,(H,10,17)(H,15,16)(H,11,12,13). The molecule has 0 aliphatic carbocycles. The van der Waals surface area contributed by atoms with Crippen LogP contribution < -0.4 is 5.32 Å². The van der Waals surface area contributed by atoms with E-state index in [1.807, 2.05) is 0 Å². The number of aromatic amines is 1. The molecule has 0 radical (unpaired) electrons. The van der Waals surface area contributed by atoms with Gasteiger partial charge in [0.1, 0.15) is 12.2 Å². The minimum atomic E-state index is -1.08. The average Bonchev–Trinajstić information content (AvgIpc) is 2.89. The van der Waals surface area contributed by atoms with Gasteiger partial charge in [-0.3, -0.25) is 5.10 Å². The van der Waals surface area contributed by atoms with Crippen molar-refractivity contribution in [2.24, 2.45) is 0 Å². The molecule has 1 aromatic heterocycles. The Morgan fingerprint density at radius 1 is 1.67 bits per heavy atom. The summed E-state index contributed by atoms with van der Waals surface area (Å²) in [5.41, 5.74) is 0. The van der Waals surface area contributed by atoms with E-state index in [4.69, 9.17) is 9.84 Å². The summed E-state index contributed by atoms with van der Waals surface area (Å²) >= 11 is 0. The highest BCUT2D eigenvalue weighted by molar-refractivity contribution is 5.82. The maximum Gasteiger partial charge on any atom is 0.328 e. The molecule has 18 heavy (non-hydrogen) atoms. The van der Waals surface area contributed by atoms with E-state index in [0.717, 1.165) is 0 Å². The molecule has 3 N–H and O–H groups in total. The monoisotopic (exact) mass is 255 g/mol. The molecule has 2 heterocycles. The van der Waals surface area contributed by atoms with Gasteiger partial charge in [0.25, 0.3) is 0 Å². The molecule has 2 rings (SSSR count). The Hall–Kier alpha value is -2.16. The van der Waals surface area contributed by atoms with Crippen molar-refractivity contribution >= 4 is 12.0 Å². The summed E-state index contributed by atoms with van der Waals surface area (Å²) in [6.45, 7) is 0.756. The van der Waals surface area contributed by atoms with Gasteiger partial charge in [-0.15, -0.1) is 0 Å². The molecule has 0 aromatic carbocycles. The summed E-state index contributed by atoms with van der Waals surface area (Å²) in [4.78, 5) is 27.9. The highest BCUT2D eigenvalue weighted by atomic mass is 16.5. The number of carboxylic acids is 1. The molecule has 0 saturated carbocycles. The Labute approximate surface area is 102 Å². The van der Waals surface area contributed by atoms with Gasteiger partial charge < -0.3 is 20.1 Å². The Balaban J connectivity index is 1.92. The summed E-state index contributed by atoms with van der Waals surface area (Å²) < 4.78 is 5.04. The van der Waals surface area contributed by atoms with Crippen molar-refractivity contribution in [2.75, 3.05) is 19.8 Å². The van der Waals surface area contributed by atoms with Gasteiger partial charge >= 0.3 is 12.0 Å². The Bertz CT molecular complexity index is 421. The van der Waals surface area contributed by atoms with Gasteiger partial charge in [0.05, 0.1) is 19.8 Å². The zero-order chi connectivity index (χ0) is 13.0. The van der Waals surface area contributed by atoms with Crippen molar-refractivity contribution in [3.63, 3.8) is 0 Å². The van der Waals surface area contributed by atoms with E-state index in [1.54, 1.807) is 0 Å². The lowest BCUT2D eigenvalue weighted by Crippen LogP contribution is -2.55. The predicted molar refractivity (Wildman–Crippen MR) is 57.6 cm³/mol. The van der Waals surface area contributed by atoms with Gasteiger partial charge in [-0.25, -0.2) is 14.6 Å². The average molecular weight is 255 g/mol. The van der Waals surface area contributed by atoms with Crippen LogP contribution in [0, 0.1) is 0 Å². The number of hydrogen-bond acceptors (Lipinski definition) is 5. The molecule has 98 valence electrons. The summed E-state index contributed by atoms with van der Waals surface area (Å²) in [7, 11) is 0. The van der Waals surface area contributed by atoms with Gasteiger partial charge in [0, 0.05) is 6.54 Å². The zero-order valence-electron chi connectivity index (χ0n) is 9.50. The maximum absolute atomic E-state index is 11.8. The smallest absolute Gasteiger partial charge is 0.328 e. The Kier molecular flexibility index (Phi) is 3.72. The summed E-state index contributed by atoms with van der Waals surface area (Å²) in [5, 5.41) is 17.8. The number of aliphatic carboxylic acids is 1. The van der Waals surface area contributed by atoms with Crippen molar-refractivity contribution < 1.29 is 19.4 Å². The normalized spacial score (nSPS) is 19.6. The molecule has 2 amide bonds. The molecule has 1 aliphatic heterocycles. The van der Waals surface area contributed by atoms with Crippen molar-refractivity contribution in [2.45, 2.75) is 12.6 Å². The predicted octanol–water partition coefficient (Wildman–Crippen LogP) is -1.20. The van der Waals surface area contributed by atoms with E-state index >= 15 is 0 Å². The summed E-state index contributed by atoms with van der Waals surface area (Å²) in [5.74, 6) is -0.576. The van der Waals surface area contributed by atoms with E-state index in [2.05, 4.69) is 20.5 Å². The number of amides is 2. The largest absolute Gasteiger partial charge is 0.480 e. The topological polar surface area (TPSA) is 120 Å². The van der Waals surface area contributed by atoms with E-state index in [9.17, 15) is 9.59 Å². The Morgan fingerprint density at radius 3 is 3.17 bits per heavy atom. The molecular weight excluding hydrogens is 242 g/mol. The van der Waals surface area contributed by atoms with E-state index < -0.39 is 18.0 Å². The number of ether oxygens (including phenoxy) is 1. The van der Waals surface area contributed by atoms with E-state index in [1.165, 1.54) is 11.2 Å². The number of carboxylic acid groups (broad SMARTS) is 1. The molecule has 1 atom stereocenters. The summed E-state index contributed by atoms with van der Waals surface area (Å²) in [6.07, 6.45) is 1.33. The second-order valence-corrected chi connectivity index (χ2v) is 3.71. The van der Waals surface area contributed by atoms with Crippen molar-refractivity contribution in [1.29, 1.82) is 0 Å². The van der Waals surface area contributed by atoms with Crippen molar-refractivity contribution in [3.8, 4) is 0 Å². The van der Waals surface area contributed by atoms with Crippen molar-refractivity contribution in [1.82, 2.24) is 25.4 Å². The number of carbonyl (C=O) groups is 2. The fraction of sp³-hybridized carbons (Fsp3) is 0.556. The molecular formula is C9H13N5O4. The van der Waals surface area contributed by atoms with Gasteiger partial charge in [-0.2, -0.15) is 5.10 Å².